The quantitative estimate of drug-likeness (QED) is 0.285. The van der Waals surface area contributed by atoms with Gasteiger partial charge in [0, 0.05) is 0 Å². The van der Waals surface area contributed by atoms with Crippen LogP contribution >= 0.6 is 0 Å². The summed E-state index contributed by atoms with van der Waals surface area (Å²) in [6.07, 6.45) is 4.57. The molecule has 0 aliphatic rings. The molecule has 0 aliphatic carbocycles. The van der Waals surface area contributed by atoms with Crippen LogP contribution in [0.1, 0.15) is 19.3 Å². The predicted octanol–water partition coefficient (Wildman–Crippen LogP) is 1.73. The van der Waals surface area contributed by atoms with Crippen molar-refractivity contribution < 1.29 is 5.21 Å². The Kier molecular flexibility index (Phi) is 6.38. The minimum absolute atomic E-state index is 0.885. The van der Waals surface area contributed by atoms with E-state index in [4.69, 9.17) is 5.21 Å². The summed E-state index contributed by atoms with van der Waals surface area (Å²) in [5, 5.41) is 11.1. The maximum atomic E-state index is 8.18. The molecule has 0 heterocycles. The summed E-state index contributed by atoms with van der Waals surface area (Å²) in [4.78, 5) is 2.16. The monoisotopic (exact) mass is 170 g/mol. The van der Waals surface area contributed by atoms with Crippen LogP contribution in [0, 0.1) is 0 Å². The maximum absolute atomic E-state index is 8.18. The predicted molar refractivity (Wildman–Crippen MR) is 51.8 cm³/mol. The molecule has 0 amide bonds. The standard InChI is InChI=1S/C9H18N2O/c1-9(8-10-12)6-4-5-7-11(2)3/h8,12H,1,4-7H2,2-3H3/b10-8+. The van der Waals surface area contributed by atoms with E-state index in [-0.39, 0.29) is 0 Å². The second kappa shape index (κ2) is 6.85. The van der Waals surface area contributed by atoms with E-state index in [1.54, 1.807) is 0 Å². The van der Waals surface area contributed by atoms with Gasteiger partial charge >= 0.3 is 0 Å². The normalized spacial score (nSPS) is 11.2. The molecule has 0 atom stereocenters. The zero-order valence-corrected chi connectivity index (χ0v) is 7.95. The smallest absolute Gasteiger partial charge is 0.0687 e. The molecule has 0 aromatic carbocycles. The van der Waals surface area contributed by atoms with Crippen LogP contribution < -0.4 is 0 Å². The van der Waals surface area contributed by atoms with Crippen molar-refractivity contribution in [3.05, 3.63) is 12.2 Å². The third-order valence-electron chi connectivity index (χ3n) is 1.59. The molecule has 0 saturated heterocycles. The summed E-state index contributed by atoms with van der Waals surface area (Å²) in [5.74, 6) is 0. The maximum Gasteiger partial charge on any atom is 0.0687 e. The van der Waals surface area contributed by atoms with Crippen molar-refractivity contribution in [3.63, 3.8) is 0 Å². The van der Waals surface area contributed by atoms with Crippen molar-refractivity contribution in [1.82, 2.24) is 4.90 Å². The summed E-state index contributed by atoms with van der Waals surface area (Å²) < 4.78 is 0. The lowest BCUT2D eigenvalue weighted by molar-refractivity contribution is 0.321. The highest BCUT2D eigenvalue weighted by Crippen LogP contribution is 2.02. The molecule has 0 fully saturated rings. The summed E-state index contributed by atoms with van der Waals surface area (Å²) in [6.45, 7) is 4.84. The summed E-state index contributed by atoms with van der Waals surface area (Å²) in [5.41, 5.74) is 0.885. The summed E-state index contributed by atoms with van der Waals surface area (Å²) in [6, 6.07) is 0. The minimum Gasteiger partial charge on any atom is -0.411 e. The lowest BCUT2D eigenvalue weighted by Crippen LogP contribution is -2.12. The Bertz CT molecular complexity index is 153. The van der Waals surface area contributed by atoms with Gasteiger partial charge < -0.3 is 10.1 Å². The van der Waals surface area contributed by atoms with Crippen LogP contribution in [0.2, 0.25) is 0 Å². The highest BCUT2D eigenvalue weighted by Gasteiger charge is 1.93. The van der Waals surface area contributed by atoms with Crippen molar-refractivity contribution in [2.24, 2.45) is 5.16 Å². The molecule has 0 aromatic rings. The SMILES string of the molecule is C=C(/C=N/O)CCCCN(C)C. The molecule has 0 saturated carbocycles. The number of hydrogen-bond donors (Lipinski definition) is 1. The molecule has 3 heteroatoms. The molecule has 1 N–H and O–H groups in total. The summed E-state index contributed by atoms with van der Waals surface area (Å²) >= 11 is 0. The van der Waals surface area contributed by atoms with Crippen LogP contribution in [0.15, 0.2) is 17.3 Å². The molecular formula is C9H18N2O. The molecule has 0 bridgehead atoms. The average Bonchev–Trinajstić information content (AvgIpc) is 1.98. The Morgan fingerprint density at radius 1 is 1.50 bits per heavy atom. The van der Waals surface area contributed by atoms with E-state index >= 15 is 0 Å². The van der Waals surface area contributed by atoms with Gasteiger partial charge in [0.1, 0.15) is 0 Å². The number of nitrogens with zero attached hydrogens (tertiary/aromatic N) is 2. The topological polar surface area (TPSA) is 35.8 Å². The lowest BCUT2D eigenvalue weighted by atomic mass is 10.1. The van der Waals surface area contributed by atoms with Gasteiger partial charge in [-0.15, -0.1) is 0 Å². The fraction of sp³-hybridized carbons (Fsp3) is 0.667. The lowest BCUT2D eigenvalue weighted by Gasteiger charge is -2.08. The van der Waals surface area contributed by atoms with Crippen molar-refractivity contribution >= 4 is 6.21 Å². The van der Waals surface area contributed by atoms with Gasteiger partial charge in [0.05, 0.1) is 6.21 Å². The van der Waals surface area contributed by atoms with Crippen molar-refractivity contribution in [3.8, 4) is 0 Å². The van der Waals surface area contributed by atoms with Crippen molar-refractivity contribution in [1.29, 1.82) is 0 Å². The Hall–Kier alpha value is -0.830. The number of allylic oxidation sites excluding steroid dienone is 1. The zero-order chi connectivity index (χ0) is 9.40. The summed E-state index contributed by atoms with van der Waals surface area (Å²) in [7, 11) is 4.12. The highest BCUT2D eigenvalue weighted by atomic mass is 16.4. The van der Waals surface area contributed by atoms with Gasteiger partial charge in [-0.2, -0.15) is 0 Å². The van der Waals surface area contributed by atoms with E-state index in [9.17, 15) is 0 Å². The third-order valence-corrected chi connectivity index (χ3v) is 1.59. The first kappa shape index (κ1) is 11.2. The van der Waals surface area contributed by atoms with Gasteiger partial charge in [-0.05, 0) is 45.5 Å². The Morgan fingerprint density at radius 2 is 2.17 bits per heavy atom. The van der Waals surface area contributed by atoms with Gasteiger partial charge in [0.15, 0.2) is 0 Å². The van der Waals surface area contributed by atoms with Crippen molar-refractivity contribution in [2.45, 2.75) is 19.3 Å². The second-order valence-corrected chi connectivity index (χ2v) is 3.16. The van der Waals surface area contributed by atoms with Gasteiger partial charge in [0.2, 0.25) is 0 Å². The molecule has 3 nitrogen and oxygen atoms in total. The number of hydrogen-bond acceptors (Lipinski definition) is 3. The fourth-order valence-electron chi connectivity index (χ4n) is 0.926. The highest BCUT2D eigenvalue weighted by molar-refractivity contribution is 5.76. The van der Waals surface area contributed by atoms with Crippen LogP contribution in [0.4, 0.5) is 0 Å². The first-order chi connectivity index (χ1) is 5.66. The van der Waals surface area contributed by atoms with E-state index in [2.05, 4.69) is 30.7 Å². The van der Waals surface area contributed by atoms with Gasteiger partial charge in [-0.25, -0.2) is 0 Å². The number of rotatable bonds is 6. The third kappa shape index (κ3) is 7.28. The molecule has 0 spiro atoms. The Balaban J connectivity index is 3.25. The Labute approximate surface area is 74.4 Å². The van der Waals surface area contributed by atoms with E-state index in [0.717, 1.165) is 31.4 Å². The molecule has 12 heavy (non-hydrogen) atoms. The van der Waals surface area contributed by atoms with Crippen molar-refractivity contribution in [2.75, 3.05) is 20.6 Å². The van der Waals surface area contributed by atoms with Gasteiger partial charge in [0.25, 0.3) is 0 Å². The van der Waals surface area contributed by atoms with E-state index in [1.807, 2.05) is 0 Å². The van der Waals surface area contributed by atoms with E-state index < -0.39 is 0 Å². The molecule has 0 unspecified atom stereocenters. The average molecular weight is 170 g/mol. The zero-order valence-electron chi connectivity index (χ0n) is 7.95. The first-order valence-electron chi connectivity index (χ1n) is 4.16. The van der Waals surface area contributed by atoms with Crippen LogP contribution in [0.5, 0.6) is 0 Å². The number of unbranched alkanes of at least 4 members (excludes halogenated alkanes) is 1. The molecule has 0 aliphatic heterocycles. The largest absolute Gasteiger partial charge is 0.411 e. The van der Waals surface area contributed by atoms with Crippen LogP contribution in [0.25, 0.3) is 0 Å². The Morgan fingerprint density at radius 3 is 2.67 bits per heavy atom. The molecule has 0 aromatic heterocycles. The van der Waals surface area contributed by atoms with Crippen LogP contribution in [-0.4, -0.2) is 37.0 Å². The molecule has 0 radical (unpaired) electrons. The van der Waals surface area contributed by atoms with Gasteiger partial charge in [-0.3, -0.25) is 0 Å². The molecular weight excluding hydrogens is 152 g/mol. The fourth-order valence-corrected chi connectivity index (χ4v) is 0.926. The first-order valence-corrected chi connectivity index (χ1v) is 4.16. The molecule has 70 valence electrons. The second-order valence-electron chi connectivity index (χ2n) is 3.16. The van der Waals surface area contributed by atoms with Gasteiger partial charge in [-0.1, -0.05) is 11.7 Å². The minimum atomic E-state index is 0.885. The number of oxime groups is 1. The van der Waals surface area contributed by atoms with E-state index in [1.165, 1.54) is 6.21 Å². The molecule has 0 rings (SSSR count). The van der Waals surface area contributed by atoms with E-state index in [0.29, 0.717) is 0 Å². The van der Waals surface area contributed by atoms with Crippen LogP contribution in [-0.2, 0) is 0 Å². The van der Waals surface area contributed by atoms with Crippen LogP contribution in [0.3, 0.4) is 0 Å².